The molecule has 0 rings (SSSR count). The van der Waals surface area contributed by atoms with Crippen molar-refractivity contribution < 1.29 is 28.6 Å². The molecule has 0 aromatic rings. The Morgan fingerprint density at radius 1 is 0.292 bits per heavy atom. The maximum Gasteiger partial charge on any atom is 0.306 e. The van der Waals surface area contributed by atoms with E-state index in [1.807, 2.05) is 0 Å². The van der Waals surface area contributed by atoms with Crippen molar-refractivity contribution in [2.45, 2.75) is 264 Å². The Bertz CT molecular complexity index is 1520. The molecule has 0 bridgehead atoms. The molecule has 0 aromatic heterocycles. The fourth-order valence-electron chi connectivity index (χ4n) is 7.78. The lowest BCUT2D eigenvalue weighted by Crippen LogP contribution is -2.30. The fraction of sp³-hybridized carbons (Fsp3) is 0.652. The van der Waals surface area contributed by atoms with Crippen LogP contribution >= 0.6 is 0 Å². The van der Waals surface area contributed by atoms with Gasteiger partial charge in [-0.15, -0.1) is 0 Å². The second-order valence-electron chi connectivity index (χ2n) is 19.2. The molecule has 0 saturated heterocycles. The van der Waals surface area contributed by atoms with Crippen LogP contribution < -0.4 is 0 Å². The number of ether oxygens (including phenoxy) is 3. The van der Waals surface area contributed by atoms with Crippen LogP contribution in [0.15, 0.2) is 122 Å². The average Bonchev–Trinajstić information content (AvgIpc) is 3.38. The van der Waals surface area contributed by atoms with Gasteiger partial charge in [-0.2, -0.15) is 0 Å². The third-order valence-corrected chi connectivity index (χ3v) is 12.2. The molecular weight excluding hydrogens is 889 g/mol. The molecule has 0 saturated carbocycles. The summed E-state index contributed by atoms with van der Waals surface area (Å²) in [5.41, 5.74) is 0. The summed E-state index contributed by atoms with van der Waals surface area (Å²) in [4.78, 5) is 37.7. The second kappa shape index (κ2) is 59.4. The molecule has 1 atom stereocenters. The summed E-state index contributed by atoms with van der Waals surface area (Å²) in [6, 6.07) is 0. The molecule has 0 radical (unpaired) electrons. The molecule has 72 heavy (non-hydrogen) atoms. The Kier molecular flexibility index (Phi) is 55.9. The molecule has 0 aromatic carbocycles. The predicted molar refractivity (Wildman–Crippen MR) is 311 cm³/mol. The van der Waals surface area contributed by atoms with Crippen molar-refractivity contribution in [1.82, 2.24) is 0 Å². The minimum Gasteiger partial charge on any atom is -0.462 e. The van der Waals surface area contributed by atoms with E-state index in [0.29, 0.717) is 19.3 Å². The van der Waals surface area contributed by atoms with E-state index < -0.39 is 6.10 Å². The molecule has 6 nitrogen and oxygen atoms in total. The number of hydrogen-bond acceptors (Lipinski definition) is 6. The Hall–Kier alpha value is -4.19. The van der Waals surface area contributed by atoms with Crippen LogP contribution in [0.2, 0.25) is 0 Å². The van der Waals surface area contributed by atoms with Crippen molar-refractivity contribution >= 4 is 17.9 Å². The maximum absolute atomic E-state index is 12.7. The summed E-state index contributed by atoms with van der Waals surface area (Å²) in [6.07, 6.45) is 82.4. The van der Waals surface area contributed by atoms with Crippen LogP contribution in [0.4, 0.5) is 0 Å². The number of esters is 3. The van der Waals surface area contributed by atoms with Crippen molar-refractivity contribution in [1.29, 1.82) is 0 Å². The highest BCUT2D eigenvalue weighted by molar-refractivity contribution is 5.71. The first-order valence-corrected chi connectivity index (χ1v) is 29.5. The number of allylic oxidation sites excluding steroid dienone is 20. The Morgan fingerprint density at radius 3 is 0.861 bits per heavy atom. The smallest absolute Gasteiger partial charge is 0.306 e. The lowest BCUT2D eigenvalue weighted by atomic mass is 10.1. The van der Waals surface area contributed by atoms with E-state index in [1.54, 1.807) is 0 Å². The molecule has 0 spiro atoms. The zero-order chi connectivity index (χ0) is 52.2. The third-order valence-electron chi connectivity index (χ3n) is 12.2. The molecule has 0 aliphatic heterocycles. The molecule has 0 aliphatic rings. The molecule has 0 aliphatic carbocycles. The second-order valence-corrected chi connectivity index (χ2v) is 19.2. The van der Waals surface area contributed by atoms with Crippen molar-refractivity contribution in [3.05, 3.63) is 122 Å². The average molecular weight is 998 g/mol. The van der Waals surface area contributed by atoms with Crippen molar-refractivity contribution in [3.8, 4) is 0 Å². The SMILES string of the molecule is CC/C=C\C/C=C\C/C=C\C/C=C\C/C=C\C/C=C\C/C=C\C/C=C\C/C=C\CCCCCCCCCC(=O)OCC(COC(=O)CCCCCCC)OC(=O)CCCCCCC/C=C\CCCCCCC. The molecule has 0 fully saturated rings. The van der Waals surface area contributed by atoms with Crippen LogP contribution in [-0.4, -0.2) is 37.2 Å². The van der Waals surface area contributed by atoms with Crippen molar-refractivity contribution in [3.63, 3.8) is 0 Å². The van der Waals surface area contributed by atoms with Crippen molar-refractivity contribution in [2.75, 3.05) is 13.2 Å². The zero-order valence-electron chi connectivity index (χ0n) is 46.7. The highest BCUT2D eigenvalue weighted by Crippen LogP contribution is 2.14. The Morgan fingerprint density at radius 2 is 0.542 bits per heavy atom. The van der Waals surface area contributed by atoms with Gasteiger partial charge in [0, 0.05) is 19.3 Å². The Labute approximate surface area is 443 Å². The fourth-order valence-corrected chi connectivity index (χ4v) is 7.78. The highest BCUT2D eigenvalue weighted by atomic mass is 16.6. The first kappa shape index (κ1) is 67.8. The van der Waals surface area contributed by atoms with Gasteiger partial charge in [0.05, 0.1) is 0 Å². The molecule has 0 N–H and O–H groups in total. The summed E-state index contributed by atoms with van der Waals surface area (Å²) in [7, 11) is 0. The van der Waals surface area contributed by atoms with E-state index in [1.165, 1.54) is 77.0 Å². The van der Waals surface area contributed by atoms with Gasteiger partial charge in [0.2, 0.25) is 0 Å². The van der Waals surface area contributed by atoms with Gasteiger partial charge in [-0.25, -0.2) is 0 Å². The van der Waals surface area contributed by atoms with Crippen LogP contribution in [0.25, 0.3) is 0 Å². The van der Waals surface area contributed by atoms with Gasteiger partial charge in [-0.05, 0) is 116 Å². The summed E-state index contributed by atoms with van der Waals surface area (Å²) in [5, 5.41) is 0. The van der Waals surface area contributed by atoms with Gasteiger partial charge in [-0.3, -0.25) is 14.4 Å². The van der Waals surface area contributed by atoms with Gasteiger partial charge in [0.1, 0.15) is 13.2 Å². The van der Waals surface area contributed by atoms with E-state index in [-0.39, 0.29) is 31.1 Å². The van der Waals surface area contributed by atoms with Crippen molar-refractivity contribution in [2.24, 2.45) is 0 Å². The molecule has 0 heterocycles. The minimum absolute atomic E-state index is 0.0863. The molecule has 408 valence electrons. The topological polar surface area (TPSA) is 78.9 Å². The maximum atomic E-state index is 12.7. The summed E-state index contributed by atoms with van der Waals surface area (Å²) >= 11 is 0. The van der Waals surface area contributed by atoms with Crippen LogP contribution in [-0.2, 0) is 28.6 Å². The lowest BCUT2D eigenvalue weighted by molar-refractivity contribution is -0.167. The van der Waals surface area contributed by atoms with Crippen LogP contribution in [0, 0.1) is 0 Å². The summed E-state index contributed by atoms with van der Waals surface area (Å²) < 4.78 is 16.7. The van der Waals surface area contributed by atoms with E-state index in [9.17, 15) is 14.4 Å². The van der Waals surface area contributed by atoms with Gasteiger partial charge < -0.3 is 14.2 Å². The third kappa shape index (κ3) is 56.7. The van der Waals surface area contributed by atoms with E-state index >= 15 is 0 Å². The largest absolute Gasteiger partial charge is 0.462 e. The summed E-state index contributed by atoms with van der Waals surface area (Å²) in [5.74, 6) is -0.923. The van der Waals surface area contributed by atoms with Gasteiger partial charge in [0.15, 0.2) is 6.10 Å². The number of carbonyl (C=O) groups is 3. The van der Waals surface area contributed by atoms with Gasteiger partial charge >= 0.3 is 17.9 Å². The predicted octanol–water partition coefficient (Wildman–Crippen LogP) is 20.0. The number of carbonyl (C=O) groups excluding carboxylic acids is 3. The number of rotatable bonds is 52. The molecule has 6 heteroatoms. The van der Waals surface area contributed by atoms with Crippen LogP contribution in [0.1, 0.15) is 258 Å². The lowest BCUT2D eigenvalue weighted by Gasteiger charge is -2.18. The van der Waals surface area contributed by atoms with Crippen LogP contribution in [0.3, 0.4) is 0 Å². The van der Waals surface area contributed by atoms with Gasteiger partial charge in [0.25, 0.3) is 0 Å². The molecule has 1 unspecified atom stereocenters. The van der Waals surface area contributed by atoms with Gasteiger partial charge in [-0.1, -0.05) is 245 Å². The molecule has 0 amide bonds. The number of unbranched alkanes of at least 4 members (excludes halogenated alkanes) is 21. The zero-order valence-corrected chi connectivity index (χ0v) is 46.7. The Balaban J connectivity index is 4.07. The quantitative estimate of drug-likeness (QED) is 0.0261. The standard InChI is InChI=1S/C66H108O6/c1-4-7-10-13-15-17-19-21-23-24-25-26-27-28-29-30-31-32-33-34-35-36-37-38-39-40-41-42-43-45-46-48-50-53-56-59-65(68)71-62-63(61-70-64(67)58-55-52-12-9-6-3)72-66(69)60-57-54-51-49-47-44-22-20-18-16-14-11-8-5-2/h7,10,15,17,20-23,25-26,28-29,31-32,34-35,37-38,40-41,63H,4-6,8-9,11-14,16,18-19,24,27,30,33,36,39,42-62H2,1-3H3/b10-7-,17-15-,22-20-,23-21-,26-25-,29-28-,32-31-,35-34-,38-37-,41-40-. The monoisotopic (exact) mass is 997 g/mol. The molecular formula is C66H108O6. The minimum atomic E-state index is -0.784. The van der Waals surface area contributed by atoms with E-state index in [0.717, 1.165) is 141 Å². The normalized spacial score (nSPS) is 13.0. The van der Waals surface area contributed by atoms with Crippen LogP contribution in [0.5, 0.6) is 0 Å². The van der Waals surface area contributed by atoms with E-state index in [2.05, 4.69) is 142 Å². The highest BCUT2D eigenvalue weighted by Gasteiger charge is 2.19. The first-order chi connectivity index (χ1) is 35.5. The van der Waals surface area contributed by atoms with E-state index in [4.69, 9.17) is 14.2 Å². The first-order valence-electron chi connectivity index (χ1n) is 29.5. The summed E-state index contributed by atoms with van der Waals surface area (Å²) in [6.45, 7) is 6.41. The number of hydrogen-bond donors (Lipinski definition) is 0.